The van der Waals surface area contributed by atoms with Crippen LogP contribution in [0, 0.1) is 0 Å². The van der Waals surface area contributed by atoms with E-state index in [1.807, 2.05) is 56.6 Å². The van der Waals surface area contributed by atoms with Crippen molar-refractivity contribution < 1.29 is 0 Å². The molecule has 0 unspecified atom stereocenters. The van der Waals surface area contributed by atoms with Crippen LogP contribution in [0.25, 0.3) is 0 Å². The van der Waals surface area contributed by atoms with Crippen molar-refractivity contribution in [1.82, 2.24) is 4.57 Å². The predicted octanol–water partition coefficient (Wildman–Crippen LogP) is 1.75. The maximum absolute atomic E-state index is 12.4. The van der Waals surface area contributed by atoms with Gasteiger partial charge in [-0.2, -0.15) is 0 Å². The van der Waals surface area contributed by atoms with Gasteiger partial charge in [0.05, 0.1) is 0 Å². The molecule has 3 rings (SSSR count). The Labute approximate surface area is 131 Å². The molecule has 0 saturated carbocycles. The summed E-state index contributed by atoms with van der Waals surface area (Å²) >= 11 is 0. The first kappa shape index (κ1) is 14.4. The second kappa shape index (κ2) is 6.48. The second-order valence-corrected chi connectivity index (χ2v) is 5.62. The molecule has 0 aliphatic carbocycles. The number of hydrogen-bond acceptors (Lipinski definition) is 1. The van der Waals surface area contributed by atoms with Crippen LogP contribution in [-0.4, -0.2) is 12.4 Å². The third kappa shape index (κ3) is 3.37. The Kier molecular flexibility index (Phi) is 4.24. The molecule has 0 N–H and O–H groups in total. The van der Waals surface area contributed by atoms with Gasteiger partial charge in [0.1, 0.15) is 7.85 Å². The van der Waals surface area contributed by atoms with E-state index in [0.29, 0.717) is 6.42 Å². The van der Waals surface area contributed by atoms with E-state index in [1.165, 1.54) is 5.56 Å². The molecule has 2 aromatic carbocycles. The van der Waals surface area contributed by atoms with Crippen molar-refractivity contribution in [3.05, 3.63) is 100.0 Å². The minimum absolute atomic E-state index is 0.146. The van der Waals surface area contributed by atoms with Crippen molar-refractivity contribution in [1.29, 1.82) is 0 Å². The summed E-state index contributed by atoms with van der Waals surface area (Å²) in [5.41, 5.74) is 4.19. The summed E-state index contributed by atoms with van der Waals surface area (Å²) < 4.78 is 2.10. The minimum Gasteiger partial charge on any atom is -0.350 e. The third-order valence-corrected chi connectivity index (χ3v) is 3.78. The van der Waals surface area contributed by atoms with E-state index >= 15 is 0 Å². The summed E-state index contributed by atoms with van der Waals surface area (Å²) in [5.74, 6) is 0. The van der Waals surface area contributed by atoms with E-state index in [2.05, 4.69) is 28.8 Å². The van der Waals surface area contributed by atoms with Gasteiger partial charge in [-0.25, -0.2) is 0 Å². The van der Waals surface area contributed by atoms with Crippen LogP contribution in [-0.2, 0) is 13.0 Å². The number of pyridine rings is 1. The quantitative estimate of drug-likeness (QED) is 0.670. The van der Waals surface area contributed by atoms with Gasteiger partial charge >= 0.3 is 0 Å². The normalized spacial score (nSPS) is 10.5. The fraction of sp³-hybridized carbons (Fsp3) is 0.105. The van der Waals surface area contributed by atoms with Crippen molar-refractivity contribution in [3.8, 4) is 0 Å². The minimum atomic E-state index is 0.146. The molecule has 0 aliphatic rings. The summed E-state index contributed by atoms with van der Waals surface area (Å²) in [6.45, 7) is 0.781. The van der Waals surface area contributed by atoms with Crippen molar-refractivity contribution >= 4 is 13.3 Å². The summed E-state index contributed by atoms with van der Waals surface area (Å²) in [6.07, 6.45) is 4.59. The molecule has 0 fully saturated rings. The summed E-state index contributed by atoms with van der Waals surface area (Å²) in [4.78, 5) is 12.4. The molecule has 0 spiro atoms. The van der Waals surface area contributed by atoms with Crippen molar-refractivity contribution in [2.75, 3.05) is 0 Å². The number of nitrogens with zero attached hydrogens (tertiary/aromatic N) is 1. The standard InChI is InChI=1S/C19H18BNO/c20-18-14-21(12-16-9-5-2-6-10-16)13-17(19(18)22)11-15-7-3-1-4-8-15/h1-10,13-14H,11-12,20H2. The van der Waals surface area contributed by atoms with Crippen LogP contribution < -0.4 is 10.9 Å². The van der Waals surface area contributed by atoms with Crippen LogP contribution in [0.5, 0.6) is 0 Å². The largest absolute Gasteiger partial charge is 0.350 e. The van der Waals surface area contributed by atoms with E-state index < -0.39 is 0 Å². The van der Waals surface area contributed by atoms with Crippen LogP contribution >= 0.6 is 0 Å². The Morgan fingerprint density at radius 2 is 1.41 bits per heavy atom. The number of benzene rings is 2. The van der Waals surface area contributed by atoms with Gasteiger partial charge in [0.2, 0.25) is 0 Å². The fourth-order valence-corrected chi connectivity index (χ4v) is 2.68. The van der Waals surface area contributed by atoms with Gasteiger partial charge in [0.25, 0.3) is 0 Å². The first-order valence-corrected chi connectivity index (χ1v) is 7.50. The number of rotatable bonds is 4. The average molecular weight is 287 g/mol. The molecule has 2 nitrogen and oxygen atoms in total. The lowest BCUT2D eigenvalue weighted by Crippen LogP contribution is -2.31. The van der Waals surface area contributed by atoms with E-state index in [1.54, 1.807) is 0 Å². The molecule has 0 bridgehead atoms. The molecule has 3 heteroatoms. The average Bonchev–Trinajstić information content (AvgIpc) is 2.54. The van der Waals surface area contributed by atoms with Crippen molar-refractivity contribution in [2.24, 2.45) is 0 Å². The molecule has 1 aromatic heterocycles. The highest BCUT2D eigenvalue weighted by Gasteiger charge is 2.06. The van der Waals surface area contributed by atoms with Crippen LogP contribution in [0.3, 0.4) is 0 Å². The molecule has 3 aromatic rings. The Morgan fingerprint density at radius 3 is 2.05 bits per heavy atom. The summed E-state index contributed by atoms with van der Waals surface area (Å²) in [6, 6.07) is 20.4. The zero-order valence-electron chi connectivity index (χ0n) is 12.7. The van der Waals surface area contributed by atoms with E-state index in [0.717, 1.165) is 23.1 Å². The molecule has 0 radical (unpaired) electrons. The lowest BCUT2D eigenvalue weighted by molar-refractivity contribution is 0.783. The van der Waals surface area contributed by atoms with Crippen LogP contribution in [0.15, 0.2) is 77.9 Å². The van der Waals surface area contributed by atoms with Crippen LogP contribution in [0.4, 0.5) is 0 Å². The first-order valence-electron chi connectivity index (χ1n) is 7.50. The summed E-state index contributed by atoms with van der Waals surface area (Å²) in [5, 5.41) is 0. The molecular formula is C19H18BNO. The highest BCUT2D eigenvalue weighted by molar-refractivity contribution is 6.32. The maximum Gasteiger partial charge on any atom is 0.178 e. The maximum atomic E-state index is 12.4. The topological polar surface area (TPSA) is 22.0 Å². The van der Waals surface area contributed by atoms with Gasteiger partial charge in [-0.05, 0) is 16.6 Å². The van der Waals surface area contributed by atoms with Gasteiger partial charge in [-0.3, -0.25) is 4.79 Å². The molecule has 0 atom stereocenters. The molecule has 108 valence electrons. The van der Waals surface area contributed by atoms with Crippen LogP contribution in [0.1, 0.15) is 16.7 Å². The number of hydrogen-bond donors (Lipinski definition) is 0. The summed E-state index contributed by atoms with van der Waals surface area (Å²) in [7, 11) is 1.89. The molecule has 0 aliphatic heterocycles. The zero-order valence-corrected chi connectivity index (χ0v) is 12.7. The Morgan fingerprint density at radius 1 is 0.818 bits per heavy atom. The van der Waals surface area contributed by atoms with Gasteiger partial charge in [0, 0.05) is 30.9 Å². The van der Waals surface area contributed by atoms with E-state index in [9.17, 15) is 4.79 Å². The zero-order chi connectivity index (χ0) is 15.4. The van der Waals surface area contributed by atoms with Crippen LogP contribution in [0.2, 0.25) is 0 Å². The SMILES string of the molecule is Bc1cn(Cc2ccccc2)cc(Cc2ccccc2)c1=O. The van der Waals surface area contributed by atoms with Crippen molar-refractivity contribution in [3.63, 3.8) is 0 Å². The van der Waals surface area contributed by atoms with E-state index in [4.69, 9.17) is 0 Å². The Hall–Kier alpha value is -2.55. The second-order valence-electron chi connectivity index (χ2n) is 5.62. The lowest BCUT2D eigenvalue weighted by atomic mass is 9.94. The molecular weight excluding hydrogens is 269 g/mol. The van der Waals surface area contributed by atoms with Gasteiger partial charge in [0.15, 0.2) is 5.43 Å². The number of aromatic nitrogens is 1. The third-order valence-electron chi connectivity index (χ3n) is 3.78. The molecule has 0 saturated heterocycles. The Balaban J connectivity index is 1.92. The monoisotopic (exact) mass is 287 g/mol. The van der Waals surface area contributed by atoms with Crippen molar-refractivity contribution in [2.45, 2.75) is 13.0 Å². The lowest BCUT2D eigenvalue weighted by Gasteiger charge is -2.11. The van der Waals surface area contributed by atoms with E-state index in [-0.39, 0.29) is 5.43 Å². The fourth-order valence-electron chi connectivity index (χ4n) is 2.68. The first-order chi connectivity index (χ1) is 10.7. The van der Waals surface area contributed by atoms with Gasteiger partial charge in [-0.15, -0.1) is 0 Å². The molecule has 0 amide bonds. The smallest absolute Gasteiger partial charge is 0.178 e. The van der Waals surface area contributed by atoms with Gasteiger partial charge in [-0.1, -0.05) is 60.7 Å². The molecule has 1 heterocycles. The predicted molar refractivity (Wildman–Crippen MR) is 93.7 cm³/mol. The Bertz CT molecular complexity index is 810. The van der Waals surface area contributed by atoms with Gasteiger partial charge < -0.3 is 4.57 Å². The highest BCUT2D eigenvalue weighted by Crippen LogP contribution is 2.07. The highest BCUT2D eigenvalue weighted by atomic mass is 16.1. The molecule has 22 heavy (non-hydrogen) atoms.